The molecule has 2 aromatic heterocycles. The van der Waals surface area contributed by atoms with Gasteiger partial charge in [0.15, 0.2) is 0 Å². The Bertz CT molecular complexity index is 2140. The van der Waals surface area contributed by atoms with Crippen LogP contribution in [0, 0.1) is 17.8 Å². The number of rotatable bonds is 8. The van der Waals surface area contributed by atoms with Gasteiger partial charge in [-0.15, -0.1) is 0 Å². The number of aromatic amines is 2. The number of aromatic nitrogens is 4. The summed E-state index contributed by atoms with van der Waals surface area (Å²) in [5.41, 5.74) is 4.46. The second-order valence-corrected chi connectivity index (χ2v) is 13.8. The zero-order chi connectivity index (χ0) is 36.2. The average Bonchev–Trinajstić information content (AvgIpc) is 3.99. The number of methoxy groups -OCH3 is 1. The molecule has 0 radical (unpaired) electrons. The lowest BCUT2D eigenvalue weighted by molar-refractivity contribution is -0.135. The SMILES string of the molecule is COC(=O)N[C@H](C(=O)N1CCC[C@H]1c1ncc(-c2ccc3cc(C#Cc4cnc([C@@H]5CCCN5C(=O)Cc5ccccc5)[nH]4)ccc3c2)[nH]1)C(C)C. The van der Waals surface area contributed by atoms with Crippen LogP contribution in [0.1, 0.15) is 80.1 Å². The minimum atomic E-state index is -0.681. The van der Waals surface area contributed by atoms with Gasteiger partial charge in [-0.05, 0) is 72.1 Å². The van der Waals surface area contributed by atoms with Crippen molar-refractivity contribution in [3.05, 3.63) is 108 Å². The van der Waals surface area contributed by atoms with Crippen LogP contribution in [0.25, 0.3) is 22.0 Å². The van der Waals surface area contributed by atoms with Crippen LogP contribution in [0.2, 0.25) is 0 Å². The van der Waals surface area contributed by atoms with Crippen LogP contribution < -0.4 is 5.32 Å². The van der Waals surface area contributed by atoms with Crippen molar-refractivity contribution in [2.24, 2.45) is 5.92 Å². The minimum Gasteiger partial charge on any atom is -0.453 e. The van der Waals surface area contributed by atoms with Crippen LogP contribution in [-0.4, -0.2) is 73.9 Å². The van der Waals surface area contributed by atoms with Gasteiger partial charge in [0.1, 0.15) is 23.4 Å². The van der Waals surface area contributed by atoms with Crippen molar-refractivity contribution in [3.63, 3.8) is 0 Å². The number of carbonyl (C=O) groups is 3. The summed E-state index contributed by atoms with van der Waals surface area (Å²) in [6, 6.07) is 21.3. The number of amides is 3. The van der Waals surface area contributed by atoms with Crippen LogP contribution in [0.5, 0.6) is 0 Å². The first-order valence-electron chi connectivity index (χ1n) is 17.9. The molecule has 0 spiro atoms. The Kier molecular flexibility index (Phi) is 10.1. The first-order chi connectivity index (χ1) is 25.3. The summed E-state index contributed by atoms with van der Waals surface area (Å²) in [5.74, 6) is 7.87. The van der Waals surface area contributed by atoms with E-state index in [-0.39, 0.29) is 29.8 Å². The molecule has 2 fully saturated rings. The number of fused-ring (bicyclic) bond motifs is 1. The molecule has 3 aromatic carbocycles. The molecular formula is C41H43N7O4. The smallest absolute Gasteiger partial charge is 0.407 e. The number of nitrogens with zero attached hydrogens (tertiary/aromatic N) is 4. The number of imidazole rings is 2. The number of H-pyrrole nitrogens is 2. The maximum Gasteiger partial charge on any atom is 0.407 e. The third kappa shape index (κ3) is 7.42. The first kappa shape index (κ1) is 34.6. The predicted molar refractivity (Wildman–Crippen MR) is 198 cm³/mol. The largest absolute Gasteiger partial charge is 0.453 e. The Labute approximate surface area is 303 Å². The van der Waals surface area contributed by atoms with E-state index in [0.717, 1.165) is 77.0 Å². The van der Waals surface area contributed by atoms with Gasteiger partial charge in [0, 0.05) is 24.2 Å². The Morgan fingerprint density at radius 1 is 0.865 bits per heavy atom. The molecule has 11 nitrogen and oxygen atoms in total. The van der Waals surface area contributed by atoms with Gasteiger partial charge in [-0.2, -0.15) is 0 Å². The Balaban J connectivity index is 1.02. The number of alkyl carbamates (subject to hydrolysis) is 1. The molecule has 2 saturated heterocycles. The molecule has 3 atom stereocenters. The Morgan fingerprint density at radius 3 is 2.33 bits per heavy atom. The van der Waals surface area contributed by atoms with Gasteiger partial charge in [-0.3, -0.25) is 9.59 Å². The standard InChI is InChI=1S/C41H43N7O4/c1-26(2)37(46-41(51)52-3)40(50)48-20-8-12-35(48)39-43-25-33(45-39)31-17-16-29-21-28(13-15-30(29)23-31)14-18-32-24-42-38(44-32)34-11-7-19-47(34)36(49)22-27-9-5-4-6-10-27/h4-6,9-10,13,15-17,21,23-26,34-35,37H,7-8,11-12,19-20,22H2,1-3H3,(H,42,44)(H,43,45)(H,46,51)/t34-,35-,37-/m0/s1. The maximum absolute atomic E-state index is 13.5. The molecule has 0 bridgehead atoms. The first-order valence-corrected chi connectivity index (χ1v) is 17.9. The van der Waals surface area contributed by atoms with Gasteiger partial charge < -0.3 is 29.8 Å². The van der Waals surface area contributed by atoms with Crippen molar-refractivity contribution in [2.75, 3.05) is 20.2 Å². The number of likely N-dealkylation sites (tertiary alicyclic amines) is 2. The molecule has 7 rings (SSSR count). The predicted octanol–water partition coefficient (Wildman–Crippen LogP) is 6.30. The van der Waals surface area contributed by atoms with Gasteiger partial charge in [0.2, 0.25) is 11.8 Å². The number of hydrogen-bond acceptors (Lipinski definition) is 6. The van der Waals surface area contributed by atoms with Crippen molar-refractivity contribution < 1.29 is 19.1 Å². The summed E-state index contributed by atoms with van der Waals surface area (Å²) in [7, 11) is 1.29. The summed E-state index contributed by atoms with van der Waals surface area (Å²) in [6.07, 6.45) is 6.79. The maximum atomic E-state index is 13.5. The second-order valence-electron chi connectivity index (χ2n) is 13.8. The lowest BCUT2D eigenvalue weighted by Gasteiger charge is -2.30. The van der Waals surface area contributed by atoms with Gasteiger partial charge in [0.25, 0.3) is 0 Å². The fourth-order valence-corrected chi connectivity index (χ4v) is 7.27. The molecule has 2 aliphatic heterocycles. The number of hydrogen-bond donors (Lipinski definition) is 3. The topological polar surface area (TPSA) is 136 Å². The molecule has 52 heavy (non-hydrogen) atoms. The monoisotopic (exact) mass is 697 g/mol. The minimum absolute atomic E-state index is 0.0697. The van der Waals surface area contributed by atoms with Gasteiger partial charge >= 0.3 is 6.09 Å². The summed E-state index contributed by atoms with van der Waals surface area (Å²) in [4.78, 5) is 58.4. The van der Waals surface area contributed by atoms with Crippen molar-refractivity contribution in [1.29, 1.82) is 0 Å². The number of benzene rings is 3. The van der Waals surface area contributed by atoms with Gasteiger partial charge in [0.05, 0.1) is 43.7 Å². The summed E-state index contributed by atoms with van der Waals surface area (Å²) in [5, 5.41) is 4.82. The lowest BCUT2D eigenvalue weighted by Crippen LogP contribution is -2.51. The molecule has 11 heteroatoms. The van der Waals surface area contributed by atoms with E-state index < -0.39 is 12.1 Å². The third-order valence-corrected chi connectivity index (χ3v) is 10.0. The molecule has 2 aliphatic rings. The van der Waals surface area contributed by atoms with Crippen molar-refractivity contribution in [1.82, 2.24) is 35.1 Å². The highest BCUT2D eigenvalue weighted by Gasteiger charge is 2.37. The van der Waals surface area contributed by atoms with E-state index in [0.29, 0.717) is 18.7 Å². The van der Waals surface area contributed by atoms with Gasteiger partial charge in [-0.1, -0.05) is 68.3 Å². The molecular weight excluding hydrogens is 654 g/mol. The summed E-state index contributed by atoms with van der Waals surface area (Å²) >= 11 is 0. The quantitative estimate of drug-likeness (QED) is 0.163. The van der Waals surface area contributed by atoms with Crippen LogP contribution in [0.3, 0.4) is 0 Å². The van der Waals surface area contributed by atoms with Crippen LogP contribution in [-0.2, 0) is 20.7 Å². The van der Waals surface area contributed by atoms with Crippen LogP contribution in [0.4, 0.5) is 4.79 Å². The molecule has 3 amide bonds. The molecule has 4 heterocycles. The van der Waals surface area contributed by atoms with E-state index in [1.54, 1.807) is 6.20 Å². The Morgan fingerprint density at radius 2 is 1.56 bits per heavy atom. The lowest BCUT2D eigenvalue weighted by atomic mass is 10.0. The molecule has 5 aromatic rings. The van der Waals surface area contributed by atoms with Crippen LogP contribution >= 0.6 is 0 Å². The summed E-state index contributed by atoms with van der Waals surface area (Å²) < 4.78 is 4.75. The van der Waals surface area contributed by atoms with E-state index in [2.05, 4.69) is 67.4 Å². The highest BCUT2D eigenvalue weighted by atomic mass is 16.5. The number of nitrogens with one attached hydrogen (secondary N) is 3. The molecule has 0 aliphatic carbocycles. The van der Waals surface area contributed by atoms with Gasteiger partial charge in [-0.25, -0.2) is 14.8 Å². The molecule has 0 saturated carbocycles. The zero-order valence-corrected chi connectivity index (χ0v) is 29.7. The zero-order valence-electron chi connectivity index (χ0n) is 29.7. The van der Waals surface area contributed by atoms with E-state index in [9.17, 15) is 14.4 Å². The highest BCUT2D eigenvalue weighted by molar-refractivity contribution is 5.88. The van der Waals surface area contributed by atoms with E-state index in [4.69, 9.17) is 4.74 Å². The normalized spacial score (nSPS) is 17.6. The molecule has 0 unspecified atom stereocenters. The molecule has 266 valence electrons. The average molecular weight is 698 g/mol. The van der Waals surface area contributed by atoms with Crippen molar-refractivity contribution in [2.45, 2.75) is 64.1 Å². The second kappa shape index (κ2) is 15.2. The van der Waals surface area contributed by atoms with E-state index in [1.165, 1.54) is 7.11 Å². The van der Waals surface area contributed by atoms with Crippen molar-refractivity contribution in [3.8, 4) is 23.1 Å². The van der Waals surface area contributed by atoms with Crippen molar-refractivity contribution >= 4 is 28.7 Å². The van der Waals surface area contributed by atoms with Crippen LogP contribution in [0.15, 0.2) is 79.1 Å². The summed E-state index contributed by atoms with van der Waals surface area (Å²) in [6.45, 7) is 5.14. The number of ether oxygens (including phenoxy) is 1. The number of carbonyl (C=O) groups excluding carboxylic acids is 3. The third-order valence-electron chi connectivity index (χ3n) is 10.0. The Hall–Kier alpha value is -5.89. The van der Waals surface area contributed by atoms with E-state index in [1.807, 2.05) is 66.2 Å². The van der Waals surface area contributed by atoms with E-state index >= 15 is 0 Å². The fourth-order valence-electron chi connectivity index (χ4n) is 7.27. The highest BCUT2D eigenvalue weighted by Crippen LogP contribution is 2.34. The molecule has 3 N–H and O–H groups in total. The fraction of sp³-hybridized carbons (Fsp3) is 0.341.